The second-order valence-corrected chi connectivity index (χ2v) is 14.2. The summed E-state index contributed by atoms with van der Waals surface area (Å²) in [5.74, 6) is -0.178. The number of nitrogens with one attached hydrogen (secondary N) is 5. The number of piperidine rings is 1. The number of aliphatic hydroxyl groups excluding tert-OH is 1. The fraction of sp³-hybridized carbons (Fsp3) is 0.318. The van der Waals surface area contributed by atoms with E-state index in [0.717, 1.165) is 29.8 Å². The maximum atomic E-state index is 12.7. The van der Waals surface area contributed by atoms with Crippen LogP contribution in [0.15, 0.2) is 108 Å². The first kappa shape index (κ1) is 40.6. The van der Waals surface area contributed by atoms with Crippen molar-refractivity contribution < 1.29 is 29.3 Å². The number of aromatic hydroxyl groups is 1. The van der Waals surface area contributed by atoms with E-state index in [0.29, 0.717) is 80.5 Å². The molecule has 0 spiro atoms. The van der Waals surface area contributed by atoms with Gasteiger partial charge in [-0.2, -0.15) is 0 Å². The van der Waals surface area contributed by atoms with Crippen LogP contribution in [0.4, 0.5) is 16.2 Å². The molecule has 7 N–H and O–H groups in total. The maximum absolute atomic E-state index is 12.7. The summed E-state index contributed by atoms with van der Waals surface area (Å²) >= 11 is 0. The van der Waals surface area contributed by atoms with E-state index in [2.05, 4.69) is 31.2 Å². The highest BCUT2D eigenvalue weighted by atomic mass is 16.6. The molecule has 0 aliphatic carbocycles. The van der Waals surface area contributed by atoms with Crippen molar-refractivity contribution in [2.24, 2.45) is 0 Å². The Morgan fingerprint density at radius 3 is 2.37 bits per heavy atom. The number of hydrogen-bond donors (Lipinski definition) is 7. The molecular formula is C44H50N6O7. The second-order valence-electron chi connectivity index (χ2n) is 14.2. The minimum atomic E-state index is -0.861. The molecule has 1 aromatic heterocycles. The third kappa shape index (κ3) is 12.0. The molecule has 57 heavy (non-hydrogen) atoms. The number of pyridine rings is 1. The Hall–Kier alpha value is -6.02. The van der Waals surface area contributed by atoms with E-state index in [1.165, 1.54) is 12.1 Å². The fourth-order valence-corrected chi connectivity index (χ4v) is 6.93. The Balaban J connectivity index is 0.797. The summed E-state index contributed by atoms with van der Waals surface area (Å²) in [6.45, 7) is 3.37. The molecule has 298 valence electrons. The SMILES string of the molecule is O=C(CCN1CCC(OC(=O)Nc2ccccc2-c2ccccc2)CC1)NCCCCC(=O)Nc1ccc(CNCC(O)c2ccc(O)c3[nH]c(=O)ccc23)cc1. The lowest BCUT2D eigenvalue weighted by molar-refractivity contribution is -0.121. The average molecular weight is 775 g/mol. The molecule has 1 saturated heterocycles. The maximum Gasteiger partial charge on any atom is 0.411 e. The molecule has 0 bridgehead atoms. The van der Waals surface area contributed by atoms with Crippen LogP contribution in [0.25, 0.3) is 22.0 Å². The summed E-state index contributed by atoms with van der Waals surface area (Å²) in [5, 5.41) is 33.4. The van der Waals surface area contributed by atoms with Crippen molar-refractivity contribution in [1.29, 1.82) is 0 Å². The number of carbonyl (C=O) groups is 3. The van der Waals surface area contributed by atoms with Crippen molar-refractivity contribution in [3.8, 4) is 16.9 Å². The minimum Gasteiger partial charge on any atom is -0.506 e. The lowest BCUT2D eigenvalue weighted by Gasteiger charge is -2.31. The number of para-hydroxylation sites is 1. The Kier molecular flexibility index (Phi) is 14.4. The van der Waals surface area contributed by atoms with Crippen LogP contribution in [0.3, 0.4) is 0 Å². The highest BCUT2D eigenvalue weighted by Gasteiger charge is 2.23. The number of phenols is 1. The largest absolute Gasteiger partial charge is 0.506 e. The summed E-state index contributed by atoms with van der Waals surface area (Å²) in [4.78, 5) is 54.2. The predicted octanol–water partition coefficient (Wildman–Crippen LogP) is 6.05. The van der Waals surface area contributed by atoms with Gasteiger partial charge in [0.15, 0.2) is 0 Å². The molecule has 13 nitrogen and oxygen atoms in total. The van der Waals surface area contributed by atoms with Crippen molar-refractivity contribution in [3.05, 3.63) is 125 Å². The number of ether oxygens (including phenoxy) is 1. The summed E-state index contributed by atoms with van der Waals surface area (Å²) in [6, 6.07) is 31.0. The van der Waals surface area contributed by atoms with Crippen LogP contribution >= 0.6 is 0 Å². The number of H-pyrrole nitrogens is 1. The highest BCUT2D eigenvalue weighted by Crippen LogP contribution is 2.29. The zero-order valence-electron chi connectivity index (χ0n) is 31.8. The van der Waals surface area contributed by atoms with Gasteiger partial charge in [0.2, 0.25) is 17.4 Å². The average Bonchev–Trinajstić information content (AvgIpc) is 3.22. The Labute approximate surface area is 331 Å². The van der Waals surface area contributed by atoms with Gasteiger partial charge in [0, 0.05) is 74.8 Å². The number of hydrogen-bond acceptors (Lipinski definition) is 9. The van der Waals surface area contributed by atoms with Gasteiger partial charge < -0.3 is 40.8 Å². The lowest BCUT2D eigenvalue weighted by Crippen LogP contribution is -2.40. The first-order chi connectivity index (χ1) is 27.7. The number of nitrogens with zero attached hydrogens (tertiary/aromatic N) is 1. The first-order valence-electron chi connectivity index (χ1n) is 19.5. The number of unbranched alkanes of at least 4 members (excludes halogenated alkanes) is 1. The van der Waals surface area contributed by atoms with Crippen molar-refractivity contribution in [3.63, 3.8) is 0 Å². The normalized spacial score (nSPS) is 13.8. The molecule has 0 saturated carbocycles. The number of benzene rings is 4. The van der Waals surface area contributed by atoms with E-state index in [4.69, 9.17) is 4.74 Å². The number of fused-ring (bicyclic) bond motifs is 1. The van der Waals surface area contributed by atoms with Crippen molar-refractivity contribution in [2.75, 3.05) is 43.4 Å². The number of likely N-dealkylation sites (tertiary alicyclic amines) is 1. The molecule has 0 radical (unpaired) electrons. The van der Waals surface area contributed by atoms with Crippen LogP contribution in [-0.4, -0.2) is 76.8 Å². The summed E-state index contributed by atoms with van der Waals surface area (Å²) < 4.78 is 5.73. The minimum absolute atomic E-state index is 0.0233. The molecule has 3 amide bonds. The first-order valence-corrected chi connectivity index (χ1v) is 19.5. The van der Waals surface area contributed by atoms with Gasteiger partial charge >= 0.3 is 6.09 Å². The zero-order valence-corrected chi connectivity index (χ0v) is 31.8. The van der Waals surface area contributed by atoms with E-state index in [9.17, 15) is 29.4 Å². The smallest absolute Gasteiger partial charge is 0.411 e. The number of phenolic OH excluding ortho intramolecular Hbond substituents is 1. The summed E-state index contributed by atoms with van der Waals surface area (Å²) in [7, 11) is 0. The molecular weight excluding hydrogens is 725 g/mol. The van der Waals surface area contributed by atoms with E-state index >= 15 is 0 Å². The molecule has 1 aliphatic heterocycles. The van der Waals surface area contributed by atoms with Crippen molar-refractivity contribution >= 4 is 40.2 Å². The van der Waals surface area contributed by atoms with Gasteiger partial charge in [-0.3, -0.25) is 19.7 Å². The van der Waals surface area contributed by atoms with Crippen LogP contribution in [-0.2, 0) is 20.9 Å². The molecule has 4 aromatic carbocycles. The second kappa shape index (κ2) is 20.2. The van der Waals surface area contributed by atoms with Crippen LogP contribution in [0.1, 0.15) is 55.8 Å². The van der Waals surface area contributed by atoms with Gasteiger partial charge in [-0.1, -0.05) is 66.7 Å². The number of aromatic amines is 1. The third-order valence-electron chi connectivity index (χ3n) is 10.0. The van der Waals surface area contributed by atoms with Gasteiger partial charge in [-0.15, -0.1) is 0 Å². The summed E-state index contributed by atoms with van der Waals surface area (Å²) in [6.07, 6.45) is 1.95. The van der Waals surface area contributed by atoms with Crippen LogP contribution < -0.4 is 26.8 Å². The number of amides is 3. The van der Waals surface area contributed by atoms with E-state index in [1.54, 1.807) is 12.1 Å². The van der Waals surface area contributed by atoms with Gasteiger partial charge in [-0.05, 0) is 72.7 Å². The van der Waals surface area contributed by atoms with Gasteiger partial charge in [0.05, 0.1) is 17.3 Å². The molecule has 1 aliphatic rings. The number of anilines is 2. The summed E-state index contributed by atoms with van der Waals surface area (Å²) in [5.41, 5.74) is 4.85. The van der Waals surface area contributed by atoms with Gasteiger partial charge in [-0.25, -0.2) is 4.79 Å². The molecule has 1 atom stereocenters. The molecule has 6 rings (SSSR count). The van der Waals surface area contributed by atoms with Crippen LogP contribution in [0.2, 0.25) is 0 Å². The molecule has 2 heterocycles. The third-order valence-corrected chi connectivity index (χ3v) is 10.0. The monoisotopic (exact) mass is 774 g/mol. The van der Waals surface area contributed by atoms with E-state index < -0.39 is 12.2 Å². The molecule has 1 unspecified atom stereocenters. The van der Waals surface area contributed by atoms with Crippen molar-refractivity contribution in [2.45, 2.75) is 57.3 Å². The number of aromatic nitrogens is 1. The quantitative estimate of drug-likeness (QED) is 0.0553. The van der Waals surface area contributed by atoms with E-state index in [-0.39, 0.29) is 41.3 Å². The fourth-order valence-electron chi connectivity index (χ4n) is 6.93. The predicted molar refractivity (Wildman–Crippen MR) is 221 cm³/mol. The number of rotatable bonds is 17. The molecule has 5 aromatic rings. The molecule has 1 fully saturated rings. The van der Waals surface area contributed by atoms with Crippen molar-refractivity contribution in [1.82, 2.24) is 20.5 Å². The van der Waals surface area contributed by atoms with Gasteiger partial charge in [0.1, 0.15) is 11.9 Å². The standard InChI is InChI=1S/C44H50N6O7/c51-38-19-17-35(36-18-20-42(55)49-43(36)38)39(52)29-45-28-30-13-15-32(16-14-30)47-41(54)12-6-7-24-46-40(53)23-27-50-25-21-33(22-26-50)57-44(56)48-37-11-5-4-10-34(37)31-8-2-1-3-9-31/h1-5,8-11,13-20,33,39,45,51-52H,6-7,12,21-29H2,(H,46,53)(H,47,54)(H,48,56)(H,49,55). The Morgan fingerprint density at radius 2 is 1.58 bits per heavy atom. The van der Waals surface area contributed by atoms with Crippen LogP contribution in [0.5, 0.6) is 5.75 Å². The van der Waals surface area contributed by atoms with Gasteiger partial charge in [0.25, 0.3) is 0 Å². The topological polar surface area (TPSA) is 185 Å². The lowest BCUT2D eigenvalue weighted by atomic mass is 10.0. The number of aliphatic hydroxyl groups is 1. The van der Waals surface area contributed by atoms with E-state index in [1.807, 2.05) is 78.9 Å². The zero-order chi connectivity index (χ0) is 40.0. The number of carbonyl (C=O) groups excluding carboxylic acids is 3. The Bertz CT molecular complexity index is 2170. The molecule has 13 heteroatoms. The Morgan fingerprint density at radius 1 is 0.825 bits per heavy atom. The highest BCUT2D eigenvalue weighted by molar-refractivity contribution is 5.92. The van der Waals surface area contributed by atoms with Crippen LogP contribution in [0, 0.1) is 0 Å².